The molecule has 0 unspecified atom stereocenters. The van der Waals surface area contributed by atoms with Gasteiger partial charge >= 0.3 is 0 Å². The molecule has 160 valence electrons. The van der Waals surface area contributed by atoms with Gasteiger partial charge in [0.05, 0.1) is 0 Å². The molecule has 0 saturated carbocycles. The smallest absolute Gasteiger partial charge is 0.260 e. The summed E-state index contributed by atoms with van der Waals surface area (Å²) < 4.78 is 13.4. The summed E-state index contributed by atoms with van der Waals surface area (Å²) >= 11 is 0. The molecule has 2 nitrogen and oxygen atoms in total. The monoisotopic (exact) mass is 436 g/mol. The van der Waals surface area contributed by atoms with Crippen molar-refractivity contribution in [2.24, 2.45) is 0 Å². The summed E-state index contributed by atoms with van der Waals surface area (Å²) in [4.78, 5) is 0. The number of fused-ring (bicyclic) bond motifs is 4. The van der Waals surface area contributed by atoms with Crippen molar-refractivity contribution in [3.63, 3.8) is 0 Å². The lowest BCUT2D eigenvalue weighted by atomic mass is 9.34. The average molecular weight is 436 g/mol. The van der Waals surface area contributed by atoms with Crippen LogP contribution in [0.1, 0.15) is 5.56 Å². The molecule has 2 aliphatic heterocycles. The Morgan fingerprint density at radius 3 is 1.76 bits per heavy atom. The molecule has 2 heterocycles. The van der Waals surface area contributed by atoms with Crippen molar-refractivity contribution in [1.82, 2.24) is 0 Å². The van der Waals surface area contributed by atoms with Gasteiger partial charge in [-0.05, 0) is 52.7 Å². The van der Waals surface area contributed by atoms with E-state index in [4.69, 9.17) is 9.47 Å². The molecule has 0 radical (unpaired) electrons. The third-order valence-electron chi connectivity index (χ3n) is 6.96. The van der Waals surface area contributed by atoms with Crippen LogP contribution in [0.3, 0.4) is 0 Å². The van der Waals surface area contributed by atoms with Crippen LogP contribution >= 0.6 is 0 Å². The summed E-state index contributed by atoms with van der Waals surface area (Å²) in [6.45, 7) is 2.20. The van der Waals surface area contributed by atoms with Crippen molar-refractivity contribution in [3.05, 3.63) is 115 Å². The number of rotatable bonds is 2. The second kappa shape index (κ2) is 7.39. The Bertz CT molecular complexity index is 1560. The van der Waals surface area contributed by atoms with Gasteiger partial charge in [0.15, 0.2) is 0 Å². The fraction of sp³-hybridized carbons (Fsp3) is 0.0323. The molecule has 0 fully saturated rings. The predicted molar refractivity (Wildman–Crippen MR) is 140 cm³/mol. The zero-order chi connectivity index (χ0) is 22.6. The Hall–Kier alpha value is -4.24. The summed E-state index contributed by atoms with van der Waals surface area (Å²) in [6, 6.07) is 38.0. The maximum atomic E-state index is 6.69. The molecule has 0 saturated heterocycles. The lowest BCUT2D eigenvalue weighted by Crippen LogP contribution is -2.57. The van der Waals surface area contributed by atoms with Crippen LogP contribution < -0.4 is 25.9 Å². The van der Waals surface area contributed by atoms with E-state index < -0.39 is 0 Å². The van der Waals surface area contributed by atoms with Crippen LogP contribution in [-0.2, 0) is 0 Å². The summed E-state index contributed by atoms with van der Waals surface area (Å²) in [5, 5.41) is 0. The van der Waals surface area contributed by atoms with Gasteiger partial charge < -0.3 is 9.47 Å². The molecule has 3 heteroatoms. The highest BCUT2D eigenvalue weighted by Crippen LogP contribution is 2.46. The average Bonchev–Trinajstić information content (AvgIpc) is 2.89. The number of para-hydroxylation sites is 2. The van der Waals surface area contributed by atoms with Crippen LogP contribution in [0.5, 0.6) is 23.0 Å². The van der Waals surface area contributed by atoms with Crippen molar-refractivity contribution >= 4 is 23.1 Å². The minimum atomic E-state index is 0.0475. The van der Waals surface area contributed by atoms with E-state index in [1.54, 1.807) is 0 Å². The largest absolute Gasteiger partial charge is 0.458 e. The van der Waals surface area contributed by atoms with E-state index >= 15 is 0 Å². The van der Waals surface area contributed by atoms with Crippen molar-refractivity contribution in [1.29, 1.82) is 0 Å². The first kappa shape index (κ1) is 19.3. The normalized spacial score (nSPS) is 12.7. The summed E-state index contributed by atoms with van der Waals surface area (Å²) in [6.07, 6.45) is 0. The van der Waals surface area contributed by atoms with E-state index in [9.17, 15) is 0 Å². The molecule has 2 aliphatic rings. The van der Waals surface area contributed by atoms with E-state index in [1.165, 1.54) is 22.1 Å². The van der Waals surface area contributed by atoms with E-state index in [1.807, 2.05) is 18.2 Å². The van der Waals surface area contributed by atoms with Crippen LogP contribution in [-0.4, -0.2) is 6.71 Å². The maximum absolute atomic E-state index is 6.69. The van der Waals surface area contributed by atoms with Gasteiger partial charge in [0, 0.05) is 16.6 Å². The van der Waals surface area contributed by atoms with E-state index in [2.05, 4.69) is 97.9 Å². The van der Waals surface area contributed by atoms with Crippen molar-refractivity contribution < 1.29 is 9.47 Å². The van der Waals surface area contributed by atoms with Gasteiger partial charge in [0.1, 0.15) is 23.0 Å². The first-order chi connectivity index (χ1) is 16.8. The zero-order valence-corrected chi connectivity index (χ0v) is 18.8. The summed E-state index contributed by atoms with van der Waals surface area (Å²) in [5.74, 6) is 3.59. The molecule has 0 atom stereocenters. The summed E-state index contributed by atoms with van der Waals surface area (Å²) in [7, 11) is 0. The van der Waals surface area contributed by atoms with Gasteiger partial charge in [-0.3, -0.25) is 0 Å². The van der Waals surface area contributed by atoms with E-state index in [0.29, 0.717) is 0 Å². The van der Waals surface area contributed by atoms with Crippen LogP contribution in [0.25, 0.3) is 22.3 Å². The van der Waals surface area contributed by atoms with Crippen molar-refractivity contribution in [3.8, 4) is 45.3 Å². The second-order valence-electron chi connectivity index (χ2n) is 8.94. The van der Waals surface area contributed by atoms with Crippen LogP contribution in [0, 0.1) is 6.92 Å². The van der Waals surface area contributed by atoms with Crippen LogP contribution in [0.4, 0.5) is 0 Å². The first-order valence-electron chi connectivity index (χ1n) is 11.7. The molecule has 0 N–H and O–H groups in total. The fourth-order valence-electron chi connectivity index (χ4n) is 5.38. The highest BCUT2D eigenvalue weighted by molar-refractivity contribution is 6.98. The Morgan fingerprint density at radius 1 is 0.529 bits per heavy atom. The topological polar surface area (TPSA) is 18.5 Å². The number of benzene rings is 5. The van der Waals surface area contributed by atoms with Gasteiger partial charge in [-0.1, -0.05) is 91.0 Å². The number of hydrogen-bond acceptors (Lipinski definition) is 2. The highest BCUT2D eigenvalue weighted by Gasteiger charge is 2.42. The van der Waals surface area contributed by atoms with Gasteiger partial charge in [-0.2, -0.15) is 0 Å². The Kier molecular flexibility index (Phi) is 4.19. The first-order valence-corrected chi connectivity index (χ1v) is 11.7. The second-order valence-corrected chi connectivity index (χ2v) is 8.94. The summed E-state index contributed by atoms with van der Waals surface area (Å²) in [5.41, 5.74) is 9.16. The van der Waals surface area contributed by atoms with Gasteiger partial charge in [0.2, 0.25) is 0 Å². The molecule has 0 amide bonds. The SMILES string of the molecule is Cc1ccccc1-c1cc(-c2ccccc2)c2c3c1Oc1ccccc1B3c1ccccc1O2. The number of aryl methyl sites for hydroxylation is 1. The Balaban J connectivity index is 1.62. The van der Waals surface area contributed by atoms with E-state index in [0.717, 1.165) is 45.2 Å². The third kappa shape index (κ3) is 2.77. The van der Waals surface area contributed by atoms with Gasteiger partial charge in [0.25, 0.3) is 6.71 Å². The Labute approximate surface area is 199 Å². The molecule has 0 aliphatic carbocycles. The lowest BCUT2D eigenvalue weighted by molar-refractivity contribution is 0.467. The van der Waals surface area contributed by atoms with Crippen LogP contribution in [0.15, 0.2) is 109 Å². The molecular formula is C31H21BO2. The molecule has 5 aromatic carbocycles. The molecule has 5 aromatic rings. The standard InChI is InChI=1S/C31H21BO2/c1-20-11-5-6-14-22(20)24-19-23(21-12-3-2-4-13-21)30-29-31(24)34-28-18-10-8-16-26(28)32(29)25-15-7-9-17-27(25)33-30/h2-19H,1H3. The molecule has 34 heavy (non-hydrogen) atoms. The molecule has 7 rings (SSSR count). The van der Waals surface area contributed by atoms with Crippen LogP contribution in [0.2, 0.25) is 0 Å². The molecule has 0 spiro atoms. The van der Waals surface area contributed by atoms with Gasteiger partial charge in [-0.15, -0.1) is 0 Å². The fourth-order valence-corrected chi connectivity index (χ4v) is 5.38. The van der Waals surface area contributed by atoms with E-state index in [-0.39, 0.29) is 6.71 Å². The zero-order valence-electron chi connectivity index (χ0n) is 18.8. The van der Waals surface area contributed by atoms with Crippen molar-refractivity contribution in [2.75, 3.05) is 0 Å². The quantitative estimate of drug-likeness (QED) is 0.307. The number of ether oxygens (including phenoxy) is 2. The van der Waals surface area contributed by atoms with Gasteiger partial charge in [-0.25, -0.2) is 0 Å². The third-order valence-corrected chi connectivity index (χ3v) is 6.96. The molecule has 0 bridgehead atoms. The molecular weight excluding hydrogens is 415 g/mol. The highest BCUT2D eigenvalue weighted by atomic mass is 16.5. The number of hydrogen-bond donors (Lipinski definition) is 0. The minimum absolute atomic E-state index is 0.0475. The maximum Gasteiger partial charge on any atom is 0.260 e. The Morgan fingerprint density at radius 2 is 1.09 bits per heavy atom. The minimum Gasteiger partial charge on any atom is -0.458 e. The molecule has 0 aromatic heterocycles. The lowest BCUT2D eigenvalue weighted by Gasteiger charge is -2.35. The van der Waals surface area contributed by atoms with Crippen molar-refractivity contribution in [2.45, 2.75) is 6.92 Å². The predicted octanol–water partition coefficient (Wildman–Crippen LogP) is 6.06.